The van der Waals surface area contributed by atoms with E-state index in [9.17, 15) is 9.90 Å². The fraction of sp³-hybridized carbons (Fsp3) is 0.929. The van der Waals surface area contributed by atoms with Gasteiger partial charge in [0.05, 0.1) is 6.61 Å². The molecule has 18 heavy (non-hydrogen) atoms. The van der Waals surface area contributed by atoms with Crippen LogP contribution < -0.4 is 5.32 Å². The molecule has 0 bridgehead atoms. The van der Waals surface area contributed by atoms with E-state index in [0.717, 1.165) is 32.4 Å². The average Bonchev–Trinajstić information content (AvgIpc) is 2.40. The first-order valence-corrected chi connectivity index (χ1v) is 7.20. The summed E-state index contributed by atoms with van der Waals surface area (Å²) >= 11 is 0. The van der Waals surface area contributed by atoms with E-state index in [-0.39, 0.29) is 18.0 Å². The van der Waals surface area contributed by atoms with Crippen LogP contribution in [0.5, 0.6) is 0 Å². The average molecular weight is 257 g/mol. The highest BCUT2D eigenvalue weighted by molar-refractivity contribution is 5.69. The molecule has 0 radical (unpaired) electrons. The monoisotopic (exact) mass is 257 g/mol. The number of rotatable bonds is 8. The van der Waals surface area contributed by atoms with Gasteiger partial charge in [-0.2, -0.15) is 0 Å². The van der Waals surface area contributed by atoms with E-state index in [0.29, 0.717) is 13.0 Å². The van der Waals surface area contributed by atoms with Crippen molar-refractivity contribution in [2.75, 3.05) is 26.3 Å². The zero-order chi connectivity index (χ0) is 13.3. The lowest BCUT2D eigenvalue weighted by Gasteiger charge is -2.35. The van der Waals surface area contributed by atoms with Gasteiger partial charge in [-0.05, 0) is 32.7 Å². The quantitative estimate of drug-likeness (QED) is 0.515. The van der Waals surface area contributed by atoms with Gasteiger partial charge in [0.1, 0.15) is 0 Å². The SMILES string of the molecule is CCOC(=O)CCCNCC1(CO)CCCCC1. The highest BCUT2D eigenvalue weighted by Gasteiger charge is 2.30. The van der Waals surface area contributed by atoms with Gasteiger partial charge in [-0.3, -0.25) is 4.79 Å². The summed E-state index contributed by atoms with van der Waals surface area (Å²) in [6, 6.07) is 0. The first-order valence-electron chi connectivity index (χ1n) is 7.20. The van der Waals surface area contributed by atoms with Crippen LogP contribution in [0.15, 0.2) is 0 Å². The number of carbonyl (C=O) groups is 1. The van der Waals surface area contributed by atoms with Gasteiger partial charge in [0, 0.05) is 25.0 Å². The van der Waals surface area contributed by atoms with Crippen LogP contribution in [0, 0.1) is 5.41 Å². The number of nitrogens with one attached hydrogen (secondary N) is 1. The molecule has 1 rings (SSSR count). The summed E-state index contributed by atoms with van der Waals surface area (Å²) in [4.78, 5) is 11.1. The lowest BCUT2D eigenvalue weighted by atomic mass is 9.74. The fourth-order valence-electron chi connectivity index (χ4n) is 2.64. The van der Waals surface area contributed by atoms with Crippen LogP contribution in [0.3, 0.4) is 0 Å². The molecule has 1 aliphatic rings. The lowest BCUT2D eigenvalue weighted by Crippen LogP contribution is -2.39. The van der Waals surface area contributed by atoms with E-state index < -0.39 is 0 Å². The molecule has 2 N–H and O–H groups in total. The van der Waals surface area contributed by atoms with Gasteiger partial charge < -0.3 is 15.2 Å². The highest BCUT2D eigenvalue weighted by Crippen LogP contribution is 2.35. The Labute approximate surface area is 110 Å². The topological polar surface area (TPSA) is 58.6 Å². The molecule has 4 heteroatoms. The molecule has 0 atom stereocenters. The molecule has 0 spiro atoms. The molecule has 0 amide bonds. The summed E-state index contributed by atoms with van der Waals surface area (Å²) < 4.78 is 4.87. The molecule has 0 aliphatic heterocycles. The van der Waals surface area contributed by atoms with Crippen LogP contribution in [0.4, 0.5) is 0 Å². The standard InChI is InChI=1S/C14H27NO3/c1-2-18-13(17)7-6-10-15-11-14(12-16)8-4-3-5-9-14/h15-16H,2-12H2,1H3. The van der Waals surface area contributed by atoms with Crippen molar-refractivity contribution in [2.45, 2.75) is 51.9 Å². The third kappa shape index (κ3) is 5.36. The zero-order valence-corrected chi connectivity index (χ0v) is 11.5. The molecular weight excluding hydrogens is 230 g/mol. The number of esters is 1. The minimum absolute atomic E-state index is 0.0855. The molecular formula is C14H27NO3. The maximum atomic E-state index is 11.1. The second kappa shape index (κ2) is 8.48. The van der Waals surface area contributed by atoms with E-state index in [1.807, 2.05) is 6.92 Å². The minimum atomic E-state index is -0.117. The van der Waals surface area contributed by atoms with Gasteiger partial charge in [0.25, 0.3) is 0 Å². The van der Waals surface area contributed by atoms with Gasteiger partial charge in [0.15, 0.2) is 0 Å². The predicted octanol–water partition coefficient (Wildman–Crippen LogP) is 1.86. The Balaban J connectivity index is 2.10. The smallest absolute Gasteiger partial charge is 0.305 e. The normalized spacial score (nSPS) is 18.6. The number of hydrogen-bond acceptors (Lipinski definition) is 4. The van der Waals surface area contributed by atoms with Crippen molar-refractivity contribution in [3.8, 4) is 0 Å². The summed E-state index contributed by atoms with van der Waals surface area (Å²) in [7, 11) is 0. The van der Waals surface area contributed by atoms with Crippen LogP contribution in [-0.2, 0) is 9.53 Å². The molecule has 0 aromatic carbocycles. The van der Waals surface area contributed by atoms with Gasteiger partial charge in [-0.25, -0.2) is 0 Å². The van der Waals surface area contributed by atoms with Crippen LogP contribution in [0.25, 0.3) is 0 Å². The molecule has 0 aromatic rings. The third-order valence-corrected chi connectivity index (χ3v) is 3.79. The third-order valence-electron chi connectivity index (χ3n) is 3.79. The lowest BCUT2D eigenvalue weighted by molar-refractivity contribution is -0.143. The van der Waals surface area contributed by atoms with Crippen molar-refractivity contribution in [1.29, 1.82) is 0 Å². The Morgan fingerprint density at radius 3 is 2.67 bits per heavy atom. The van der Waals surface area contributed by atoms with Crippen molar-refractivity contribution in [1.82, 2.24) is 5.32 Å². The Morgan fingerprint density at radius 1 is 1.33 bits per heavy atom. The number of hydrogen-bond donors (Lipinski definition) is 2. The molecule has 106 valence electrons. The number of carbonyl (C=O) groups excluding carboxylic acids is 1. The largest absolute Gasteiger partial charge is 0.466 e. The van der Waals surface area contributed by atoms with Crippen molar-refractivity contribution in [2.24, 2.45) is 5.41 Å². The maximum absolute atomic E-state index is 11.1. The minimum Gasteiger partial charge on any atom is -0.466 e. The molecule has 0 heterocycles. The number of aliphatic hydroxyl groups is 1. The molecule has 1 fully saturated rings. The molecule has 1 saturated carbocycles. The summed E-state index contributed by atoms with van der Waals surface area (Å²) in [5, 5.41) is 12.9. The number of aliphatic hydroxyl groups excluding tert-OH is 1. The van der Waals surface area contributed by atoms with E-state index in [4.69, 9.17) is 4.74 Å². The van der Waals surface area contributed by atoms with Gasteiger partial charge in [-0.1, -0.05) is 19.3 Å². The molecule has 1 aliphatic carbocycles. The summed E-state index contributed by atoms with van der Waals surface area (Å²) in [6.45, 7) is 4.24. The Kier molecular flexibility index (Phi) is 7.28. The Bertz CT molecular complexity index is 237. The van der Waals surface area contributed by atoms with E-state index in [2.05, 4.69) is 5.32 Å². The highest BCUT2D eigenvalue weighted by atomic mass is 16.5. The molecule has 4 nitrogen and oxygen atoms in total. The fourth-order valence-corrected chi connectivity index (χ4v) is 2.64. The van der Waals surface area contributed by atoms with Gasteiger partial charge in [-0.15, -0.1) is 0 Å². The van der Waals surface area contributed by atoms with Crippen molar-refractivity contribution in [3.05, 3.63) is 0 Å². The first kappa shape index (κ1) is 15.4. The van der Waals surface area contributed by atoms with E-state index >= 15 is 0 Å². The first-order chi connectivity index (χ1) is 8.72. The molecule has 0 unspecified atom stereocenters. The molecule has 0 aromatic heterocycles. The summed E-state index contributed by atoms with van der Waals surface area (Å²) in [6.07, 6.45) is 7.27. The van der Waals surface area contributed by atoms with Crippen LogP contribution in [0.2, 0.25) is 0 Å². The zero-order valence-electron chi connectivity index (χ0n) is 11.5. The number of ether oxygens (including phenoxy) is 1. The Hall–Kier alpha value is -0.610. The van der Waals surface area contributed by atoms with Crippen LogP contribution in [-0.4, -0.2) is 37.4 Å². The maximum Gasteiger partial charge on any atom is 0.305 e. The van der Waals surface area contributed by atoms with Crippen molar-refractivity contribution >= 4 is 5.97 Å². The second-order valence-corrected chi connectivity index (χ2v) is 5.30. The van der Waals surface area contributed by atoms with Gasteiger partial charge in [0.2, 0.25) is 0 Å². The predicted molar refractivity (Wildman–Crippen MR) is 71.3 cm³/mol. The van der Waals surface area contributed by atoms with E-state index in [1.165, 1.54) is 19.3 Å². The Morgan fingerprint density at radius 2 is 2.06 bits per heavy atom. The van der Waals surface area contributed by atoms with Gasteiger partial charge >= 0.3 is 5.97 Å². The van der Waals surface area contributed by atoms with Crippen LogP contribution >= 0.6 is 0 Å². The van der Waals surface area contributed by atoms with Crippen LogP contribution in [0.1, 0.15) is 51.9 Å². The van der Waals surface area contributed by atoms with E-state index in [1.54, 1.807) is 0 Å². The summed E-state index contributed by atoms with van der Waals surface area (Å²) in [5.41, 5.74) is 0.0855. The van der Waals surface area contributed by atoms with Crippen molar-refractivity contribution in [3.63, 3.8) is 0 Å². The second-order valence-electron chi connectivity index (χ2n) is 5.30. The summed E-state index contributed by atoms with van der Waals surface area (Å²) in [5.74, 6) is -0.117. The van der Waals surface area contributed by atoms with Crippen molar-refractivity contribution < 1.29 is 14.6 Å². The molecule has 0 saturated heterocycles.